The lowest BCUT2D eigenvalue weighted by Crippen LogP contribution is -2.49. The van der Waals surface area contributed by atoms with Gasteiger partial charge in [0.05, 0.1) is 21.8 Å². The van der Waals surface area contributed by atoms with Crippen molar-refractivity contribution in [1.82, 2.24) is 15.1 Å². The SMILES string of the molecule is CN(C)C(=O)C(CCNCCC(O)CN1CCN(c2cccc(Cl)c2Cl)CC1)(c1ccccc1)c1ccccc1. The molecule has 0 radical (unpaired) electrons. The topological polar surface area (TPSA) is 59.1 Å². The van der Waals surface area contributed by atoms with E-state index in [2.05, 4.69) is 15.1 Å². The predicted octanol–water partition coefficient (Wildman–Crippen LogP) is 4.92. The molecule has 1 aliphatic heterocycles. The summed E-state index contributed by atoms with van der Waals surface area (Å²) in [6.45, 7) is 5.35. The average Bonchev–Trinajstić information content (AvgIpc) is 2.97. The Morgan fingerprint density at radius 2 is 1.50 bits per heavy atom. The standard InChI is InChI=1S/C32H40Cl2N4O2/c1-36(2)31(40)32(25-10-5-3-6-11-25,26-12-7-4-8-13-26)17-19-35-18-16-27(39)24-37-20-22-38(23-21-37)29-15-9-14-28(33)30(29)34/h3-15,27,35,39H,16-24H2,1-2H3. The van der Waals surface area contributed by atoms with Gasteiger partial charge in [-0.05, 0) is 49.2 Å². The molecule has 1 aliphatic rings. The van der Waals surface area contributed by atoms with Crippen molar-refractivity contribution in [2.75, 3.05) is 64.8 Å². The summed E-state index contributed by atoms with van der Waals surface area (Å²) in [7, 11) is 3.63. The van der Waals surface area contributed by atoms with E-state index in [1.165, 1.54) is 0 Å². The zero-order chi connectivity index (χ0) is 28.5. The van der Waals surface area contributed by atoms with E-state index in [1.807, 2.05) is 86.9 Å². The number of hydrogen-bond donors (Lipinski definition) is 2. The fraction of sp³-hybridized carbons (Fsp3) is 0.406. The minimum absolute atomic E-state index is 0.0601. The Labute approximate surface area is 248 Å². The van der Waals surface area contributed by atoms with Crippen LogP contribution in [0, 0.1) is 0 Å². The lowest BCUT2D eigenvalue weighted by atomic mass is 9.71. The summed E-state index contributed by atoms with van der Waals surface area (Å²) in [5, 5.41) is 15.4. The lowest BCUT2D eigenvalue weighted by Gasteiger charge is -2.37. The number of piperazine rings is 1. The van der Waals surface area contributed by atoms with E-state index in [-0.39, 0.29) is 5.91 Å². The van der Waals surface area contributed by atoms with E-state index in [4.69, 9.17) is 23.2 Å². The fourth-order valence-electron chi connectivity index (χ4n) is 5.60. The van der Waals surface area contributed by atoms with E-state index in [0.717, 1.165) is 43.0 Å². The number of aliphatic hydroxyl groups excluding tert-OH is 1. The van der Waals surface area contributed by atoms with Crippen LogP contribution >= 0.6 is 23.2 Å². The molecular weight excluding hydrogens is 543 g/mol. The molecule has 1 fully saturated rings. The first-order valence-corrected chi connectivity index (χ1v) is 14.7. The maximum Gasteiger partial charge on any atom is 0.237 e. The number of nitrogens with one attached hydrogen (secondary N) is 1. The minimum atomic E-state index is -0.789. The van der Waals surface area contributed by atoms with Crippen LogP contribution in [0.15, 0.2) is 78.9 Å². The summed E-state index contributed by atoms with van der Waals surface area (Å²) in [4.78, 5) is 20.0. The van der Waals surface area contributed by atoms with Crippen molar-refractivity contribution in [2.24, 2.45) is 0 Å². The molecule has 1 unspecified atom stereocenters. The maximum absolute atomic E-state index is 13.7. The van der Waals surface area contributed by atoms with Crippen molar-refractivity contribution in [2.45, 2.75) is 24.4 Å². The second-order valence-corrected chi connectivity index (χ2v) is 11.4. The smallest absolute Gasteiger partial charge is 0.237 e. The third kappa shape index (κ3) is 7.17. The number of carbonyl (C=O) groups excluding carboxylic acids is 1. The van der Waals surface area contributed by atoms with E-state index in [1.54, 1.807) is 11.0 Å². The summed E-state index contributed by atoms with van der Waals surface area (Å²) >= 11 is 12.6. The van der Waals surface area contributed by atoms with Gasteiger partial charge in [0.1, 0.15) is 5.41 Å². The van der Waals surface area contributed by atoms with Gasteiger partial charge in [0, 0.05) is 46.8 Å². The number of hydrogen-bond acceptors (Lipinski definition) is 5. The molecule has 0 saturated carbocycles. The molecule has 0 aromatic heterocycles. The number of likely N-dealkylation sites (N-methyl/N-ethyl adjacent to an activating group) is 1. The number of amides is 1. The summed E-state index contributed by atoms with van der Waals surface area (Å²) in [6, 6.07) is 25.8. The van der Waals surface area contributed by atoms with Crippen LogP contribution in [-0.2, 0) is 10.2 Å². The zero-order valence-electron chi connectivity index (χ0n) is 23.4. The molecule has 2 N–H and O–H groups in total. The molecule has 1 amide bonds. The monoisotopic (exact) mass is 582 g/mol. The largest absolute Gasteiger partial charge is 0.392 e. The average molecular weight is 584 g/mol. The number of rotatable bonds is 12. The highest BCUT2D eigenvalue weighted by atomic mass is 35.5. The van der Waals surface area contributed by atoms with Gasteiger partial charge in [0.25, 0.3) is 0 Å². The van der Waals surface area contributed by atoms with Crippen LogP contribution in [-0.4, -0.2) is 86.8 Å². The van der Waals surface area contributed by atoms with Gasteiger partial charge in [-0.1, -0.05) is 89.9 Å². The fourth-order valence-corrected chi connectivity index (χ4v) is 6.02. The number of aliphatic hydroxyl groups is 1. The molecule has 40 heavy (non-hydrogen) atoms. The van der Waals surface area contributed by atoms with Crippen LogP contribution in [0.3, 0.4) is 0 Å². The Morgan fingerprint density at radius 3 is 2.08 bits per heavy atom. The summed E-state index contributed by atoms with van der Waals surface area (Å²) in [6.07, 6.45) is 0.832. The molecule has 1 saturated heterocycles. The first-order valence-electron chi connectivity index (χ1n) is 14.0. The molecule has 1 heterocycles. The highest BCUT2D eigenvalue weighted by molar-refractivity contribution is 6.43. The molecule has 4 rings (SSSR count). The Kier molecular flexibility index (Phi) is 10.9. The van der Waals surface area contributed by atoms with E-state index in [0.29, 0.717) is 42.5 Å². The molecule has 0 spiro atoms. The van der Waals surface area contributed by atoms with Gasteiger partial charge in [-0.15, -0.1) is 0 Å². The molecule has 1 atom stereocenters. The third-order valence-corrected chi connectivity index (χ3v) is 8.56. The second kappa shape index (κ2) is 14.3. The first kappa shape index (κ1) is 30.4. The molecule has 6 nitrogen and oxygen atoms in total. The van der Waals surface area contributed by atoms with Gasteiger partial charge in [-0.3, -0.25) is 9.69 Å². The minimum Gasteiger partial charge on any atom is -0.392 e. The Hall–Kier alpha value is -2.61. The van der Waals surface area contributed by atoms with Gasteiger partial charge < -0.3 is 20.2 Å². The number of carbonyl (C=O) groups is 1. The zero-order valence-corrected chi connectivity index (χ0v) is 24.9. The molecule has 3 aromatic rings. The van der Waals surface area contributed by atoms with Crippen molar-refractivity contribution in [1.29, 1.82) is 0 Å². The number of halogens is 2. The van der Waals surface area contributed by atoms with Crippen LogP contribution in [0.25, 0.3) is 0 Å². The maximum atomic E-state index is 13.7. The van der Waals surface area contributed by atoms with Gasteiger partial charge >= 0.3 is 0 Å². The number of β-amino-alcohol motifs (C(OH)–C–C–N with tert-alkyl or cyclic N) is 1. The summed E-state index contributed by atoms with van der Waals surface area (Å²) < 4.78 is 0. The number of benzene rings is 3. The normalized spacial score (nSPS) is 15.2. The highest BCUT2D eigenvalue weighted by Crippen LogP contribution is 2.37. The third-order valence-electron chi connectivity index (χ3n) is 7.75. The van der Waals surface area contributed by atoms with Gasteiger partial charge in [-0.2, -0.15) is 0 Å². The summed E-state index contributed by atoms with van der Waals surface area (Å²) in [5.41, 5.74) is 2.15. The Balaban J connectivity index is 1.29. The molecule has 3 aromatic carbocycles. The van der Waals surface area contributed by atoms with Crippen molar-refractivity contribution >= 4 is 34.8 Å². The van der Waals surface area contributed by atoms with Gasteiger partial charge in [0.15, 0.2) is 0 Å². The van der Waals surface area contributed by atoms with Gasteiger partial charge in [0.2, 0.25) is 5.91 Å². The van der Waals surface area contributed by atoms with Crippen molar-refractivity contribution < 1.29 is 9.90 Å². The summed E-state index contributed by atoms with van der Waals surface area (Å²) in [5.74, 6) is 0.0601. The number of nitrogens with zero attached hydrogens (tertiary/aromatic N) is 3. The predicted molar refractivity (Wildman–Crippen MR) is 166 cm³/mol. The van der Waals surface area contributed by atoms with Crippen LogP contribution in [0.4, 0.5) is 5.69 Å². The Bertz CT molecular complexity index is 1180. The van der Waals surface area contributed by atoms with Gasteiger partial charge in [-0.25, -0.2) is 0 Å². The van der Waals surface area contributed by atoms with Crippen LogP contribution in [0.2, 0.25) is 10.0 Å². The van der Waals surface area contributed by atoms with E-state index < -0.39 is 11.5 Å². The molecule has 8 heteroatoms. The van der Waals surface area contributed by atoms with E-state index >= 15 is 0 Å². The highest BCUT2D eigenvalue weighted by Gasteiger charge is 2.42. The lowest BCUT2D eigenvalue weighted by molar-refractivity contribution is -0.133. The molecule has 0 aliphatic carbocycles. The van der Waals surface area contributed by atoms with Crippen molar-refractivity contribution in [3.05, 3.63) is 100 Å². The number of anilines is 1. The quantitative estimate of drug-likeness (QED) is 0.297. The molecule has 214 valence electrons. The van der Waals surface area contributed by atoms with Crippen molar-refractivity contribution in [3.63, 3.8) is 0 Å². The van der Waals surface area contributed by atoms with E-state index in [9.17, 15) is 9.90 Å². The van der Waals surface area contributed by atoms with Crippen molar-refractivity contribution in [3.8, 4) is 0 Å². The Morgan fingerprint density at radius 1 is 0.900 bits per heavy atom. The van der Waals surface area contributed by atoms with Crippen LogP contribution < -0.4 is 10.2 Å². The molecule has 0 bridgehead atoms. The molecular formula is C32H40Cl2N4O2. The van der Waals surface area contributed by atoms with Crippen LogP contribution in [0.1, 0.15) is 24.0 Å². The first-order chi connectivity index (χ1) is 19.3. The van der Waals surface area contributed by atoms with Crippen LogP contribution in [0.5, 0.6) is 0 Å². The second-order valence-electron chi connectivity index (χ2n) is 10.6.